The van der Waals surface area contributed by atoms with Gasteiger partial charge in [0.25, 0.3) is 0 Å². The molecule has 1 fully saturated rings. The van der Waals surface area contributed by atoms with Crippen molar-refractivity contribution in [2.75, 3.05) is 72.0 Å². The lowest BCUT2D eigenvalue weighted by atomic mass is 10.0. The van der Waals surface area contributed by atoms with Crippen molar-refractivity contribution in [2.45, 2.75) is 18.9 Å². The molecule has 39 heavy (non-hydrogen) atoms. The maximum absolute atomic E-state index is 13.3. The van der Waals surface area contributed by atoms with E-state index in [0.29, 0.717) is 12.1 Å². The Morgan fingerprint density at radius 1 is 0.564 bits per heavy atom. The van der Waals surface area contributed by atoms with Crippen molar-refractivity contribution < 1.29 is 56.0 Å². The summed E-state index contributed by atoms with van der Waals surface area (Å²) < 4.78 is 80.0. The second kappa shape index (κ2) is 13.9. The molecule has 1 aliphatic rings. The SMILES string of the molecule is O=C(O)CN1CCN(CC(=O)O)CCN(Cc2cc(C(F)(F)F)cc(C(F)(F)F)c2)CCN(CC(=O)O)CC1. The Hall–Kier alpha value is -2.95. The molecule has 10 nitrogen and oxygen atoms in total. The second-order valence-corrected chi connectivity index (χ2v) is 9.20. The molecule has 0 spiro atoms. The van der Waals surface area contributed by atoms with Crippen LogP contribution in [0.1, 0.15) is 16.7 Å². The van der Waals surface area contributed by atoms with Gasteiger partial charge in [0.15, 0.2) is 0 Å². The first-order valence-corrected chi connectivity index (χ1v) is 11.9. The fraction of sp³-hybridized carbons (Fsp3) is 0.609. The molecular weight excluding hydrogens is 542 g/mol. The highest BCUT2D eigenvalue weighted by Gasteiger charge is 2.37. The van der Waals surface area contributed by atoms with Gasteiger partial charge in [-0.1, -0.05) is 0 Å². The molecule has 0 unspecified atom stereocenters. The molecule has 16 heteroatoms. The summed E-state index contributed by atoms with van der Waals surface area (Å²) in [5, 5.41) is 27.7. The van der Waals surface area contributed by atoms with Crippen LogP contribution in [0, 0.1) is 0 Å². The maximum atomic E-state index is 13.3. The number of hydrogen-bond donors (Lipinski definition) is 3. The summed E-state index contributed by atoms with van der Waals surface area (Å²) in [4.78, 5) is 40.0. The van der Waals surface area contributed by atoms with E-state index in [1.807, 2.05) is 0 Å². The number of alkyl halides is 6. The summed E-state index contributed by atoms with van der Waals surface area (Å²) in [7, 11) is 0. The number of benzene rings is 1. The Morgan fingerprint density at radius 2 is 0.846 bits per heavy atom. The molecule has 3 N–H and O–H groups in total. The summed E-state index contributed by atoms with van der Waals surface area (Å²) in [6, 6.07) is 1.28. The summed E-state index contributed by atoms with van der Waals surface area (Å²) in [6.45, 7) is -0.771. The van der Waals surface area contributed by atoms with Gasteiger partial charge >= 0.3 is 30.3 Å². The molecule has 0 aliphatic carbocycles. The van der Waals surface area contributed by atoms with E-state index in [1.165, 1.54) is 19.6 Å². The van der Waals surface area contributed by atoms with Crippen LogP contribution < -0.4 is 0 Å². The van der Waals surface area contributed by atoms with Gasteiger partial charge in [0.1, 0.15) is 0 Å². The first-order valence-electron chi connectivity index (χ1n) is 11.9. The molecule has 1 aliphatic heterocycles. The monoisotopic (exact) mass is 572 g/mol. The van der Waals surface area contributed by atoms with Gasteiger partial charge in [-0.25, -0.2) is 0 Å². The molecule has 1 heterocycles. The highest BCUT2D eigenvalue weighted by Crippen LogP contribution is 2.36. The van der Waals surface area contributed by atoms with Crippen LogP contribution in [0.3, 0.4) is 0 Å². The lowest BCUT2D eigenvalue weighted by Crippen LogP contribution is -2.48. The van der Waals surface area contributed by atoms with Crippen LogP contribution >= 0.6 is 0 Å². The van der Waals surface area contributed by atoms with E-state index in [1.54, 1.807) is 0 Å². The van der Waals surface area contributed by atoms with E-state index in [9.17, 15) is 56.0 Å². The van der Waals surface area contributed by atoms with E-state index in [2.05, 4.69) is 0 Å². The third-order valence-electron chi connectivity index (χ3n) is 6.06. The van der Waals surface area contributed by atoms with Crippen molar-refractivity contribution in [3.8, 4) is 0 Å². The Labute approximate surface area is 220 Å². The Bertz CT molecular complexity index is 942. The molecule has 1 aromatic carbocycles. The quantitative estimate of drug-likeness (QED) is 0.397. The van der Waals surface area contributed by atoms with Crippen molar-refractivity contribution in [1.82, 2.24) is 19.6 Å². The number of carboxylic acids is 3. The van der Waals surface area contributed by atoms with Gasteiger partial charge in [0.2, 0.25) is 0 Å². The van der Waals surface area contributed by atoms with Crippen LogP contribution in [0.5, 0.6) is 0 Å². The molecule has 1 aromatic rings. The standard InChI is InChI=1S/C23H30F6N4O6/c24-22(25,26)17-9-16(10-18(11-17)23(27,28)29)12-30-1-3-31(13-19(34)35)5-7-33(15-21(38)39)8-6-32(4-2-30)14-20(36)37/h9-11H,1-8,12-15H2,(H,34,35)(H,36,37)(H,38,39). The number of nitrogens with zero attached hydrogens (tertiary/aromatic N) is 4. The zero-order valence-electron chi connectivity index (χ0n) is 20.8. The van der Waals surface area contributed by atoms with E-state index in [4.69, 9.17) is 0 Å². The fourth-order valence-corrected chi connectivity index (χ4v) is 4.15. The predicted octanol–water partition coefficient (Wildman–Crippen LogP) is 1.70. The normalized spacial score (nSPS) is 18.3. The van der Waals surface area contributed by atoms with E-state index >= 15 is 0 Å². The fourth-order valence-electron chi connectivity index (χ4n) is 4.15. The van der Waals surface area contributed by atoms with Gasteiger partial charge < -0.3 is 15.3 Å². The molecule has 220 valence electrons. The number of aliphatic carboxylic acids is 3. The Balaban J connectivity index is 2.35. The largest absolute Gasteiger partial charge is 0.480 e. The Morgan fingerprint density at radius 3 is 1.10 bits per heavy atom. The van der Waals surface area contributed by atoms with Crippen molar-refractivity contribution in [3.05, 3.63) is 34.9 Å². The van der Waals surface area contributed by atoms with Crippen molar-refractivity contribution in [2.24, 2.45) is 0 Å². The van der Waals surface area contributed by atoms with Gasteiger partial charge in [-0.3, -0.25) is 34.0 Å². The smallest absolute Gasteiger partial charge is 0.416 e. The molecular formula is C23H30F6N4O6. The molecule has 0 bridgehead atoms. The molecule has 2 rings (SSSR count). The van der Waals surface area contributed by atoms with Gasteiger partial charge in [-0.15, -0.1) is 0 Å². The average molecular weight is 573 g/mol. The highest BCUT2D eigenvalue weighted by molar-refractivity contribution is 5.69. The van der Waals surface area contributed by atoms with E-state index < -0.39 is 54.5 Å². The van der Waals surface area contributed by atoms with Crippen LogP contribution in [0.25, 0.3) is 0 Å². The number of carbonyl (C=O) groups is 3. The van der Waals surface area contributed by atoms with Crippen LogP contribution in [-0.2, 0) is 33.3 Å². The summed E-state index contributed by atoms with van der Waals surface area (Å²) in [5.41, 5.74) is -3.17. The highest BCUT2D eigenvalue weighted by atomic mass is 19.4. The zero-order valence-corrected chi connectivity index (χ0v) is 20.8. The first kappa shape index (κ1) is 32.3. The lowest BCUT2D eigenvalue weighted by molar-refractivity contribution is -0.143. The van der Waals surface area contributed by atoms with Crippen molar-refractivity contribution >= 4 is 17.9 Å². The minimum absolute atomic E-state index is 0.0336. The van der Waals surface area contributed by atoms with Crippen LogP contribution in [0.15, 0.2) is 18.2 Å². The zero-order chi connectivity index (χ0) is 29.4. The van der Waals surface area contributed by atoms with Crippen LogP contribution in [-0.4, -0.2) is 125 Å². The van der Waals surface area contributed by atoms with Gasteiger partial charge in [-0.05, 0) is 23.8 Å². The van der Waals surface area contributed by atoms with Crippen molar-refractivity contribution in [3.63, 3.8) is 0 Å². The summed E-state index contributed by atoms with van der Waals surface area (Å²) >= 11 is 0. The topological polar surface area (TPSA) is 125 Å². The van der Waals surface area contributed by atoms with E-state index in [0.717, 1.165) is 0 Å². The molecule has 0 radical (unpaired) electrons. The molecule has 0 saturated carbocycles. The number of hydrogen-bond acceptors (Lipinski definition) is 7. The molecule has 0 atom stereocenters. The predicted molar refractivity (Wildman–Crippen MR) is 124 cm³/mol. The second-order valence-electron chi connectivity index (χ2n) is 9.20. The lowest BCUT2D eigenvalue weighted by Gasteiger charge is -2.33. The average Bonchev–Trinajstić information content (AvgIpc) is 2.78. The first-order chi connectivity index (χ1) is 18.0. The third-order valence-corrected chi connectivity index (χ3v) is 6.06. The maximum Gasteiger partial charge on any atom is 0.416 e. The minimum Gasteiger partial charge on any atom is -0.480 e. The number of rotatable bonds is 8. The third kappa shape index (κ3) is 11.8. The van der Waals surface area contributed by atoms with Crippen molar-refractivity contribution in [1.29, 1.82) is 0 Å². The summed E-state index contributed by atoms with van der Waals surface area (Å²) in [5.74, 6) is -3.46. The molecule has 1 saturated heterocycles. The number of halogens is 6. The van der Waals surface area contributed by atoms with Gasteiger partial charge in [0.05, 0.1) is 30.8 Å². The van der Waals surface area contributed by atoms with Crippen LogP contribution in [0.4, 0.5) is 26.3 Å². The van der Waals surface area contributed by atoms with Crippen LogP contribution in [0.2, 0.25) is 0 Å². The van der Waals surface area contributed by atoms with Gasteiger partial charge in [-0.2, -0.15) is 26.3 Å². The molecule has 0 amide bonds. The Kier molecular flexibility index (Phi) is 11.5. The minimum atomic E-state index is -5.02. The molecule has 0 aromatic heterocycles. The van der Waals surface area contributed by atoms with E-state index in [-0.39, 0.29) is 77.1 Å². The van der Waals surface area contributed by atoms with Gasteiger partial charge in [0, 0.05) is 58.9 Å². The summed E-state index contributed by atoms with van der Waals surface area (Å²) in [6.07, 6.45) is -10.0. The number of carboxylic acid groups (broad SMARTS) is 3.